The Bertz CT molecular complexity index is 496. The second-order valence-corrected chi connectivity index (χ2v) is 5.99. The molecule has 3 nitrogen and oxygen atoms in total. The van der Waals surface area contributed by atoms with Gasteiger partial charge in [-0.2, -0.15) is 0 Å². The van der Waals surface area contributed by atoms with E-state index >= 15 is 0 Å². The zero-order chi connectivity index (χ0) is 17.1. The lowest BCUT2D eigenvalue weighted by atomic mass is 10.0. The summed E-state index contributed by atoms with van der Waals surface area (Å²) in [6, 6.07) is 5.48. The van der Waals surface area contributed by atoms with Crippen molar-refractivity contribution < 1.29 is 9.47 Å². The number of allylic oxidation sites excluding steroid dienone is 1. The number of hydrogen-bond acceptors (Lipinski definition) is 3. The number of rotatable bonds is 12. The Balaban J connectivity index is 2.46. The van der Waals surface area contributed by atoms with Crippen LogP contribution in [0.4, 0.5) is 5.69 Å². The second-order valence-electron chi connectivity index (χ2n) is 5.99. The molecule has 128 valence electrons. The molecule has 1 aromatic carbocycles. The SMILES string of the molecule is C=CCCCCCCCC(Oc1cc(OC)ccc1N)C(=C)C. The molecule has 0 radical (unpaired) electrons. The molecular weight excluding hydrogens is 286 g/mol. The average Bonchev–Trinajstić information content (AvgIpc) is 2.54. The summed E-state index contributed by atoms with van der Waals surface area (Å²) in [6.45, 7) is 9.81. The number of unbranched alkanes of at least 4 members (excludes halogenated alkanes) is 5. The van der Waals surface area contributed by atoms with Crippen LogP contribution in [0, 0.1) is 0 Å². The van der Waals surface area contributed by atoms with Crippen LogP contribution in [-0.4, -0.2) is 13.2 Å². The molecule has 0 saturated heterocycles. The number of ether oxygens (including phenoxy) is 2. The number of methoxy groups -OCH3 is 1. The van der Waals surface area contributed by atoms with Crippen LogP contribution < -0.4 is 15.2 Å². The molecule has 23 heavy (non-hydrogen) atoms. The zero-order valence-electron chi connectivity index (χ0n) is 14.6. The van der Waals surface area contributed by atoms with Gasteiger partial charge in [-0.3, -0.25) is 0 Å². The summed E-state index contributed by atoms with van der Waals surface area (Å²) in [5.41, 5.74) is 7.65. The molecule has 1 rings (SSSR count). The Labute approximate surface area is 141 Å². The molecule has 1 atom stereocenters. The fourth-order valence-electron chi connectivity index (χ4n) is 2.45. The van der Waals surface area contributed by atoms with E-state index < -0.39 is 0 Å². The van der Waals surface area contributed by atoms with E-state index in [0.29, 0.717) is 11.4 Å². The molecule has 0 heterocycles. The molecule has 0 bridgehead atoms. The first-order valence-corrected chi connectivity index (χ1v) is 8.45. The molecule has 0 aliphatic heterocycles. The van der Waals surface area contributed by atoms with Gasteiger partial charge >= 0.3 is 0 Å². The van der Waals surface area contributed by atoms with E-state index in [-0.39, 0.29) is 6.10 Å². The van der Waals surface area contributed by atoms with Crippen molar-refractivity contribution in [1.29, 1.82) is 0 Å². The van der Waals surface area contributed by atoms with Gasteiger partial charge in [0.15, 0.2) is 0 Å². The molecule has 0 saturated carbocycles. The molecule has 1 aromatic rings. The number of nitrogens with two attached hydrogens (primary N) is 1. The highest BCUT2D eigenvalue weighted by Crippen LogP contribution is 2.29. The number of benzene rings is 1. The van der Waals surface area contributed by atoms with Crippen LogP contribution in [0.25, 0.3) is 0 Å². The van der Waals surface area contributed by atoms with Crippen molar-refractivity contribution in [3.05, 3.63) is 43.0 Å². The molecule has 0 spiro atoms. The molecule has 0 aromatic heterocycles. The van der Waals surface area contributed by atoms with Gasteiger partial charge in [0.1, 0.15) is 17.6 Å². The Kier molecular flexibility index (Phi) is 8.96. The van der Waals surface area contributed by atoms with E-state index in [1.54, 1.807) is 7.11 Å². The summed E-state index contributed by atoms with van der Waals surface area (Å²) < 4.78 is 11.3. The highest BCUT2D eigenvalue weighted by atomic mass is 16.5. The summed E-state index contributed by atoms with van der Waals surface area (Å²) in [5.74, 6) is 1.42. The minimum atomic E-state index is -0.00224. The summed E-state index contributed by atoms with van der Waals surface area (Å²) in [4.78, 5) is 0. The molecule has 1 unspecified atom stereocenters. The number of nitrogen functional groups attached to an aromatic ring is 1. The predicted octanol–water partition coefficient (Wildman–Crippen LogP) is 5.52. The maximum Gasteiger partial charge on any atom is 0.146 e. The van der Waals surface area contributed by atoms with Crippen molar-refractivity contribution >= 4 is 5.69 Å². The van der Waals surface area contributed by atoms with Crippen LogP contribution in [0.2, 0.25) is 0 Å². The first kappa shape index (κ1) is 19.1. The van der Waals surface area contributed by atoms with Crippen molar-refractivity contribution in [2.45, 2.75) is 58.0 Å². The Morgan fingerprint density at radius 1 is 1.22 bits per heavy atom. The van der Waals surface area contributed by atoms with E-state index in [1.807, 2.05) is 31.2 Å². The van der Waals surface area contributed by atoms with Crippen molar-refractivity contribution in [3.8, 4) is 11.5 Å². The smallest absolute Gasteiger partial charge is 0.146 e. The van der Waals surface area contributed by atoms with Gasteiger partial charge in [0.2, 0.25) is 0 Å². The minimum absolute atomic E-state index is 0.00224. The molecule has 0 aliphatic carbocycles. The van der Waals surface area contributed by atoms with Crippen molar-refractivity contribution in [1.82, 2.24) is 0 Å². The van der Waals surface area contributed by atoms with Crippen LogP contribution in [0.5, 0.6) is 11.5 Å². The third-order valence-corrected chi connectivity index (χ3v) is 3.91. The van der Waals surface area contributed by atoms with Crippen molar-refractivity contribution in [3.63, 3.8) is 0 Å². The van der Waals surface area contributed by atoms with Gasteiger partial charge in [-0.1, -0.05) is 31.9 Å². The molecule has 0 fully saturated rings. The fraction of sp³-hybridized carbons (Fsp3) is 0.500. The van der Waals surface area contributed by atoms with Crippen LogP contribution in [0.15, 0.2) is 43.0 Å². The fourth-order valence-corrected chi connectivity index (χ4v) is 2.45. The van der Waals surface area contributed by atoms with Crippen molar-refractivity contribution in [2.75, 3.05) is 12.8 Å². The van der Waals surface area contributed by atoms with Crippen LogP contribution in [0.3, 0.4) is 0 Å². The maximum atomic E-state index is 6.08. The van der Waals surface area contributed by atoms with Crippen LogP contribution in [-0.2, 0) is 0 Å². The normalized spacial score (nSPS) is 11.7. The second kappa shape index (κ2) is 10.8. The van der Waals surface area contributed by atoms with Crippen LogP contribution >= 0.6 is 0 Å². The van der Waals surface area contributed by atoms with Gasteiger partial charge in [-0.15, -0.1) is 6.58 Å². The van der Waals surface area contributed by atoms with Gasteiger partial charge in [-0.05, 0) is 50.3 Å². The lowest BCUT2D eigenvalue weighted by Gasteiger charge is -2.21. The quantitative estimate of drug-likeness (QED) is 0.314. The lowest BCUT2D eigenvalue weighted by molar-refractivity contribution is 0.222. The molecule has 0 aliphatic rings. The van der Waals surface area contributed by atoms with Gasteiger partial charge in [-0.25, -0.2) is 0 Å². The summed E-state index contributed by atoms with van der Waals surface area (Å²) in [6.07, 6.45) is 10.2. The predicted molar refractivity (Wildman–Crippen MR) is 99.2 cm³/mol. The summed E-state index contributed by atoms with van der Waals surface area (Å²) in [7, 11) is 1.64. The van der Waals surface area contributed by atoms with Crippen LogP contribution in [0.1, 0.15) is 51.9 Å². The molecule has 0 amide bonds. The summed E-state index contributed by atoms with van der Waals surface area (Å²) in [5, 5.41) is 0. The number of anilines is 1. The highest BCUT2D eigenvalue weighted by Gasteiger charge is 2.13. The molecular formula is C20H31NO2. The third kappa shape index (κ3) is 7.27. The maximum absolute atomic E-state index is 6.08. The van der Waals surface area contributed by atoms with E-state index in [1.165, 1.54) is 25.7 Å². The average molecular weight is 317 g/mol. The van der Waals surface area contributed by atoms with Gasteiger partial charge in [0, 0.05) is 6.07 Å². The summed E-state index contributed by atoms with van der Waals surface area (Å²) >= 11 is 0. The topological polar surface area (TPSA) is 44.5 Å². The van der Waals surface area contributed by atoms with Crippen molar-refractivity contribution in [2.24, 2.45) is 0 Å². The van der Waals surface area contributed by atoms with E-state index in [0.717, 1.165) is 30.6 Å². The minimum Gasteiger partial charge on any atom is -0.497 e. The van der Waals surface area contributed by atoms with Gasteiger partial charge in [0.25, 0.3) is 0 Å². The van der Waals surface area contributed by atoms with E-state index in [2.05, 4.69) is 13.2 Å². The highest BCUT2D eigenvalue weighted by molar-refractivity contribution is 5.55. The first-order valence-electron chi connectivity index (χ1n) is 8.45. The third-order valence-electron chi connectivity index (χ3n) is 3.91. The largest absolute Gasteiger partial charge is 0.497 e. The number of hydrogen-bond donors (Lipinski definition) is 1. The van der Waals surface area contributed by atoms with E-state index in [4.69, 9.17) is 15.2 Å². The molecule has 2 N–H and O–H groups in total. The monoisotopic (exact) mass is 317 g/mol. The zero-order valence-corrected chi connectivity index (χ0v) is 14.6. The Morgan fingerprint density at radius 2 is 1.91 bits per heavy atom. The van der Waals surface area contributed by atoms with E-state index in [9.17, 15) is 0 Å². The Morgan fingerprint density at radius 3 is 2.57 bits per heavy atom. The Hall–Kier alpha value is -1.90. The molecule has 3 heteroatoms. The first-order chi connectivity index (χ1) is 11.1. The lowest BCUT2D eigenvalue weighted by Crippen LogP contribution is -2.18. The van der Waals surface area contributed by atoms with Gasteiger partial charge < -0.3 is 15.2 Å². The van der Waals surface area contributed by atoms with Gasteiger partial charge in [0.05, 0.1) is 12.8 Å². The standard InChI is InChI=1S/C20H31NO2/c1-5-6-7-8-9-10-11-12-19(16(2)3)23-20-15-17(22-4)13-14-18(20)21/h5,13-15,19H,1-2,6-12,21H2,3-4H3.